The first-order valence-electron chi connectivity index (χ1n) is 11.8. The van der Waals surface area contributed by atoms with Crippen LogP contribution in [-0.4, -0.2) is 30.3 Å². The standard InChI is InChI=1S/C27H28FN3O4/c28-20-15-13-19(14-16-20)25(27(34)30-21-8-3-1-4-9-21)31(22-10-5-2-6-11-22)24(32)18-29-26(33)23-12-7-17-35-23/h2,5-7,10-17,21,25H,1,3-4,8-9,18H2,(H,29,33)(H,30,34). The second-order valence-corrected chi connectivity index (χ2v) is 8.56. The van der Waals surface area contributed by atoms with Crippen molar-refractivity contribution in [1.82, 2.24) is 10.6 Å². The van der Waals surface area contributed by atoms with Gasteiger partial charge in [0, 0.05) is 11.7 Å². The lowest BCUT2D eigenvalue weighted by Crippen LogP contribution is -2.49. The van der Waals surface area contributed by atoms with E-state index in [-0.39, 0.29) is 24.3 Å². The molecule has 1 saturated carbocycles. The van der Waals surface area contributed by atoms with Gasteiger partial charge in [-0.2, -0.15) is 0 Å². The molecule has 1 unspecified atom stereocenters. The molecule has 0 spiro atoms. The summed E-state index contributed by atoms with van der Waals surface area (Å²) in [6, 6.07) is 16.4. The molecule has 1 fully saturated rings. The van der Waals surface area contributed by atoms with Gasteiger partial charge in [-0.25, -0.2) is 4.39 Å². The Hall–Kier alpha value is -3.94. The van der Waals surface area contributed by atoms with E-state index in [0.29, 0.717) is 11.3 Å². The van der Waals surface area contributed by atoms with E-state index in [0.717, 1.165) is 32.1 Å². The molecule has 1 aromatic heterocycles. The molecule has 0 radical (unpaired) electrons. The van der Waals surface area contributed by atoms with Crippen LogP contribution >= 0.6 is 0 Å². The third-order valence-electron chi connectivity index (χ3n) is 6.09. The number of furan rings is 1. The van der Waals surface area contributed by atoms with Gasteiger partial charge in [0.05, 0.1) is 12.8 Å². The number of rotatable bonds is 8. The van der Waals surface area contributed by atoms with Crippen molar-refractivity contribution in [2.24, 2.45) is 0 Å². The van der Waals surface area contributed by atoms with Crippen molar-refractivity contribution in [1.29, 1.82) is 0 Å². The lowest BCUT2D eigenvalue weighted by atomic mass is 9.94. The van der Waals surface area contributed by atoms with Crippen molar-refractivity contribution in [3.63, 3.8) is 0 Å². The zero-order valence-electron chi connectivity index (χ0n) is 19.3. The van der Waals surface area contributed by atoms with Gasteiger partial charge in [-0.3, -0.25) is 19.3 Å². The summed E-state index contributed by atoms with van der Waals surface area (Å²) in [6.07, 6.45) is 6.32. The monoisotopic (exact) mass is 477 g/mol. The topological polar surface area (TPSA) is 91.7 Å². The van der Waals surface area contributed by atoms with E-state index in [2.05, 4.69) is 10.6 Å². The fraction of sp³-hybridized carbons (Fsp3) is 0.296. The average molecular weight is 478 g/mol. The van der Waals surface area contributed by atoms with Crippen LogP contribution in [0.25, 0.3) is 0 Å². The second kappa shape index (κ2) is 11.5. The first-order chi connectivity index (χ1) is 17.0. The fourth-order valence-corrected chi connectivity index (χ4v) is 4.35. The number of hydrogen-bond acceptors (Lipinski definition) is 4. The van der Waals surface area contributed by atoms with Crippen LogP contribution in [0.15, 0.2) is 77.4 Å². The molecule has 0 aliphatic heterocycles. The normalized spacial score (nSPS) is 14.7. The van der Waals surface area contributed by atoms with Crippen LogP contribution < -0.4 is 15.5 Å². The van der Waals surface area contributed by atoms with E-state index in [9.17, 15) is 18.8 Å². The zero-order valence-corrected chi connectivity index (χ0v) is 19.3. The first kappa shape index (κ1) is 24.2. The van der Waals surface area contributed by atoms with Crippen molar-refractivity contribution in [2.45, 2.75) is 44.2 Å². The van der Waals surface area contributed by atoms with E-state index in [1.807, 2.05) is 0 Å². The van der Waals surface area contributed by atoms with Crippen molar-refractivity contribution < 1.29 is 23.2 Å². The van der Waals surface area contributed by atoms with Gasteiger partial charge in [0.2, 0.25) is 11.8 Å². The summed E-state index contributed by atoms with van der Waals surface area (Å²) < 4.78 is 18.8. The number of carbonyl (C=O) groups excluding carboxylic acids is 3. The van der Waals surface area contributed by atoms with Crippen LogP contribution in [0, 0.1) is 5.82 Å². The largest absolute Gasteiger partial charge is 0.459 e. The summed E-state index contributed by atoms with van der Waals surface area (Å²) >= 11 is 0. The van der Waals surface area contributed by atoms with Gasteiger partial charge in [-0.05, 0) is 54.8 Å². The van der Waals surface area contributed by atoms with E-state index in [4.69, 9.17) is 4.42 Å². The van der Waals surface area contributed by atoms with Crippen LogP contribution in [0.3, 0.4) is 0 Å². The quantitative estimate of drug-likeness (QED) is 0.504. The summed E-state index contributed by atoms with van der Waals surface area (Å²) in [5, 5.41) is 5.65. The number of para-hydroxylation sites is 1. The highest BCUT2D eigenvalue weighted by Crippen LogP contribution is 2.29. The summed E-state index contributed by atoms with van der Waals surface area (Å²) in [5.74, 6) is -1.75. The Morgan fingerprint density at radius 3 is 2.31 bits per heavy atom. The van der Waals surface area contributed by atoms with E-state index >= 15 is 0 Å². The Balaban J connectivity index is 1.65. The summed E-state index contributed by atoms with van der Waals surface area (Å²) in [5.41, 5.74) is 0.951. The lowest BCUT2D eigenvalue weighted by molar-refractivity contribution is -0.127. The Bertz CT molecular complexity index is 1130. The second-order valence-electron chi connectivity index (χ2n) is 8.56. The first-order valence-corrected chi connectivity index (χ1v) is 11.8. The maximum absolute atomic E-state index is 13.7. The molecule has 0 saturated heterocycles. The molecule has 182 valence electrons. The van der Waals surface area contributed by atoms with Crippen LogP contribution in [0.4, 0.5) is 10.1 Å². The molecule has 2 N–H and O–H groups in total. The number of anilines is 1. The number of benzene rings is 2. The number of halogens is 1. The molecular weight excluding hydrogens is 449 g/mol. The molecule has 4 rings (SSSR count). The molecule has 1 aliphatic rings. The minimum atomic E-state index is -1.05. The Kier molecular flexibility index (Phi) is 7.92. The maximum atomic E-state index is 13.7. The lowest BCUT2D eigenvalue weighted by Gasteiger charge is -2.33. The van der Waals surface area contributed by atoms with Gasteiger partial charge in [0.25, 0.3) is 5.91 Å². The summed E-state index contributed by atoms with van der Waals surface area (Å²) in [6.45, 7) is -0.358. The molecule has 35 heavy (non-hydrogen) atoms. The summed E-state index contributed by atoms with van der Waals surface area (Å²) in [7, 11) is 0. The highest BCUT2D eigenvalue weighted by atomic mass is 19.1. The molecule has 2 aromatic carbocycles. The van der Waals surface area contributed by atoms with Gasteiger partial charge in [-0.15, -0.1) is 0 Å². The van der Waals surface area contributed by atoms with Crippen LogP contribution in [-0.2, 0) is 9.59 Å². The highest BCUT2D eigenvalue weighted by Gasteiger charge is 2.34. The predicted molar refractivity (Wildman–Crippen MR) is 129 cm³/mol. The Morgan fingerprint density at radius 2 is 1.66 bits per heavy atom. The minimum absolute atomic E-state index is 0.0191. The number of hydrogen-bond donors (Lipinski definition) is 2. The van der Waals surface area contributed by atoms with Gasteiger partial charge in [0.1, 0.15) is 11.9 Å². The molecule has 1 aliphatic carbocycles. The van der Waals surface area contributed by atoms with Crippen LogP contribution in [0.2, 0.25) is 0 Å². The molecule has 1 heterocycles. The predicted octanol–water partition coefficient (Wildman–Crippen LogP) is 4.37. The maximum Gasteiger partial charge on any atom is 0.287 e. The molecule has 3 amide bonds. The molecule has 0 bridgehead atoms. The van der Waals surface area contributed by atoms with E-state index in [1.54, 1.807) is 36.4 Å². The van der Waals surface area contributed by atoms with Crippen molar-refractivity contribution in [3.8, 4) is 0 Å². The summed E-state index contributed by atoms with van der Waals surface area (Å²) in [4.78, 5) is 40.9. The van der Waals surface area contributed by atoms with Crippen molar-refractivity contribution in [2.75, 3.05) is 11.4 Å². The van der Waals surface area contributed by atoms with Crippen molar-refractivity contribution in [3.05, 3.63) is 90.1 Å². The van der Waals surface area contributed by atoms with Gasteiger partial charge < -0.3 is 15.1 Å². The molecule has 1 atom stereocenters. The third kappa shape index (κ3) is 6.15. The van der Waals surface area contributed by atoms with Crippen LogP contribution in [0.1, 0.15) is 54.3 Å². The number of carbonyl (C=O) groups is 3. The molecular formula is C27H28FN3O4. The smallest absolute Gasteiger partial charge is 0.287 e. The van der Waals surface area contributed by atoms with Gasteiger partial charge in [-0.1, -0.05) is 49.6 Å². The number of nitrogens with zero attached hydrogens (tertiary/aromatic N) is 1. The zero-order chi connectivity index (χ0) is 24.6. The minimum Gasteiger partial charge on any atom is -0.459 e. The van der Waals surface area contributed by atoms with Gasteiger partial charge >= 0.3 is 0 Å². The third-order valence-corrected chi connectivity index (χ3v) is 6.09. The fourth-order valence-electron chi connectivity index (χ4n) is 4.35. The number of amides is 3. The SMILES string of the molecule is O=C(NCC(=O)N(c1ccccc1)C(C(=O)NC1CCCCC1)c1ccc(F)cc1)c1ccco1. The molecule has 8 heteroatoms. The van der Waals surface area contributed by atoms with Gasteiger partial charge in [0.15, 0.2) is 5.76 Å². The van der Waals surface area contributed by atoms with E-state index in [1.165, 1.54) is 41.5 Å². The van der Waals surface area contributed by atoms with E-state index < -0.39 is 23.7 Å². The molecule has 7 nitrogen and oxygen atoms in total. The average Bonchev–Trinajstić information content (AvgIpc) is 3.43. The Labute approximate surface area is 203 Å². The van der Waals surface area contributed by atoms with Crippen LogP contribution in [0.5, 0.6) is 0 Å². The number of nitrogens with one attached hydrogen (secondary N) is 2. The highest BCUT2D eigenvalue weighted by molar-refractivity contribution is 6.04. The van der Waals surface area contributed by atoms with Crippen molar-refractivity contribution >= 4 is 23.4 Å². The molecule has 3 aromatic rings. The Morgan fingerprint density at radius 1 is 0.943 bits per heavy atom.